The first-order valence-corrected chi connectivity index (χ1v) is 8.12. The van der Waals surface area contributed by atoms with Gasteiger partial charge in [-0.1, -0.05) is 16.6 Å². The molecule has 0 aromatic heterocycles. The van der Waals surface area contributed by atoms with Crippen LogP contribution in [0, 0.1) is 0 Å². The van der Waals surface area contributed by atoms with Gasteiger partial charge in [0.25, 0.3) is 0 Å². The van der Waals surface area contributed by atoms with Crippen LogP contribution in [-0.4, -0.2) is 39.1 Å². The minimum absolute atomic E-state index is 0.361. The van der Waals surface area contributed by atoms with Crippen molar-refractivity contribution in [1.82, 2.24) is 3.71 Å². The first-order chi connectivity index (χ1) is 6.23. The quantitative estimate of drug-likeness (QED) is 0.705. The molecule has 1 rings (SSSR count). The SMILES string of the molecule is CS(=O)(=O)N(C1CCCC1)S(C)(=O)=O. The van der Waals surface area contributed by atoms with Gasteiger partial charge in [0.05, 0.1) is 12.5 Å². The zero-order valence-electron chi connectivity index (χ0n) is 8.30. The summed E-state index contributed by atoms with van der Waals surface area (Å²) in [6.45, 7) is 0. The summed E-state index contributed by atoms with van der Waals surface area (Å²) in [4.78, 5) is 0. The van der Waals surface area contributed by atoms with Crippen LogP contribution < -0.4 is 0 Å². The summed E-state index contributed by atoms with van der Waals surface area (Å²) in [6.07, 6.45) is 4.94. The van der Waals surface area contributed by atoms with Crippen molar-refractivity contribution in [3.63, 3.8) is 0 Å². The Bertz CT molecular complexity index is 359. The predicted octanol–water partition coefficient (Wildman–Crippen LogP) is 0.150. The van der Waals surface area contributed by atoms with E-state index in [1.165, 1.54) is 0 Å². The number of hydrogen-bond donors (Lipinski definition) is 0. The Hall–Kier alpha value is -0.140. The highest BCUT2D eigenvalue weighted by Gasteiger charge is 2.36. The van der Waals surface area contributed by atoms with Crippen molar-refractivity contribution < 1.29 is 16.8 Å². The summed E-state index contributed by atoms with van der Waals surface area (Å²) in [5.74, 6) is 0. The van der Waals surface area contributed by atoms with Crippen molar-refractivity contribution in [3.05, 3.63) is 0 Å². The average molecular weight is 241 g/mol. The average Bonchev–Trinajstić information content (AvgIpc) is 2.31. The number of rotatable bonds is 3. The van der Waals surface area contributed by atoms with Crippen molar-refractivity contribution in [2.75, 3.05) is 12.5 Å². The van der Waals surface area contributed by atoms with Crippen LogP contribution in [0.25, 0.3) is 0 Å². The molecular formula is C7H15NO4S2. The Labute approximate surface area is 85.2 Å². The van der Waals surface area contributed by atoms with Gasteiger partial charge in [-0.15, -0.1) is 0 Å². The van der Waals surface area contributed by atoms with E-state index in [1.54, 1.807) is 0 Å². The molecule has 0 unspecified atom stereocenters. The van der Waals surface area contributed by atoms with Gasteiger partial charge in [0.1, 0.15) is 0 Å². The fourth-order valence-corrected chi connectivity index (χ4v) is 5.37. The zero-order chi connectivity index (χ0) is 11.0. The molecule has 5 nitrogen and oxygen atoms in total. The maximum Gasteiger partial charge on any atom is 0.224 e. The molecule has 1 saturated carbocycles. The Balaban J connectivity index is 3.06. The van der Waals surface area contributed by atoms with E-state index in [4.69, 9.17) is 0 Å². The van der Waals surface area contributed by atoms with Gasteiger partial charge in [0.2, 0.25) is 20.0 Å². The molecule has 0 amide bonds. The summed E-state index contributed by atoms with van der Waals surface area (Å²) < 4.78 is 45.9. The van der Waals surface area contributed by atoms with Crippen molar-refractivity contribution >= 4 is 20.0 Å². The molecule has 0 saturated heterocycles. The third-order valence-electron chi connectivity index (χ3n) is 2.28. The third-order valence-corrected chi connectivity index (χ3v) is 5.81. The van der Waals surface area contributed by atoms with E-state index in [-0.39, 0.29) is 6.04 Å². The monoisotopic (exact) mass is 241 g/mol. The number of nitrogens with zero attached hydrogens (tertiary/aromatic N) is 1. The third kappa shape index (κ3) is 2.68. The maximum atomic E-state index is 11.3. The molecule has 0 spiro atoms. The fraction of sp³-hybridized carbons (Fsp3) is 1.00. The lowest BCUT2D eigenvalue weighted by molar-refractivity contribution is 0.431. The number of hydrogen-bond acceptors (Lipinski definition) is 4. The molecule has 0 aromatic rings. The molecule has 1 aliphatic carbocycles. The molecule has 14 heavy (non-hydrogen) atoms. The van der Waals surface area contributed by atoms with Crippen LogP contribution in [0.4, 0.5) is 0 Å². The van der Waals surface area contributed by atoms with Crippen LogP contribution in [-0.2, 0) is 20.0 Å². The molecular weight excluding hydrogens is 226 g/mol. The van der Waals surface area contributed by atoms with Crippen LogP contribution in [0.5, 0.6) is 0 Å². The minimum Gasteiger partial charge on any atom is -0.212 e. The van der Waals surface area contributed by atoms with Crippen molar-refractivity contribution in [2.24, 2.45) is 0 Å². The lowest BCUT2D eigenvalue weighted by Gasteiger charge is -2.23. The second-order valence-electron chi connectivity index (χ2n) is 3.69. The largest absolute Gasteiger partial charge is 0.224 e. The van der Waals surface area contributed by atoms with E-state index in [9.17, 15) is 16.8 Å². The molecule has 84 valence electrons. The lowest BCUT2D eigenvalue weighted by Crippen LogP contribution is -2.42. The van der Waals surface area contributed by atoms with Gasteiger partial charge < -0.3 is 0 Å². The first kappa shape index (κ1) is 11.9. The Morgan fingerprint density at radius 2 is 1.29 bits per heavy atom. The van der Waals surface area contributed by atoms with Crippen LogP contribution in [0.1, 0.15) is 25.7 Å². The van der Waals surface area contributed by atoms with E-state index in [0.717, 1.165) is 25.4 Å². The van der Waals surface area contributed by atoms with Crippen molar-refractivity contribution in [2.45, 2.75) is 31.7 Å². The van der Waals surface area contributed by atoms with E-state index in [1.807, 2.05) is 0 Å². The van der Waals surface area contributed by atoms with Crippen molar-refractivity contribution in [3.8, 4) is 0 Å². The molecule has 0 aromatic carbocycles. The van der Waals surface area contributed by atoms with Gasteiger partial charge in [0, 0.05) is 6.04 Å². The highest BCUT2D eigenvalue weighted by molar-refractivity contribution is 8.03. The molecule has 0 aliphatic heterocycles. The Morgan fingerprint density at radius 1 is 0.929 bits per heavy atom. The predicted molar refractivity (Wildman–Crippen MR) is 53.8 cm³/mol. The lowest BCUT2D eigenvalue weighted by atomic mass is 10.3. The van der Waals surface area contributed by atoms with E-state index in [2.05, 4.69) is 0 Å². The molecule has 0 atom stereocenters. The molecule has 7 heteroatoms. The summed E-state index contributed by atoms with van der Waals surface area (Å²) >= 11 is 0. The summed E-state index contributed by atoms with van der Waals surface area (Å²) in [5.41, 5.74) is 0. The van der Waals surface area contributed by atoms with E-state index >= 15 is 0 Å². The zero-order valence-corrected chi connectivity index (χ0v) is 9.94. The topological polar surface area (TPSA) is 71.5 Å². The second-order valence-corrected chi connectivity index (χ2v) is 7.64. The highest BCUT2D eigenvalue weighted by atomic mass is 32.3. The van der Waals surface area contributed by atoms with Gasteiger partial charge in [-0.25, -0.2) is 16.8 Å². The van der Waals surface area contributed by atoms with Crippen LogP contribution in [0.3, 0.4) is 0 Å². The molecule has 1 aliphatic rings. The van der Waals surface area contributed by atoms with Crippen LogP contribution in [0.2, 0.25) is 0 Å². The number of sulfonamides is 2. The Morgan fingerprint density at radius 3 is 1.57 bits per heavy atom. The molecule has 0 N–H and O–H groups in total. The van der Waals surface area contributed by atoms with E-state index < -0.39 is 20.0 Å². The Kier molecular flexibility index (Phi) is 3.23. The van der Waals surface area contributed by atoms with Crippen LogP contribution in [0.15, 0.2) is 0 Å². The minimum atomic E-state index is -3.66. The normalized spacial score (nSPS) is 20.5. The second kappa shape index (κ2) is 3.79. The molecule has 0 radical (unpaired) electrons. The standard InChI is InChI=1S/C7H15NO4S2/c1-13(9,10)8(14(2,11)12)7-5-3-4-6-7/h7H,3-6H2,1-2H3. The van der Waals surface area contributed by atoms with Crippen molar-refractivity contribution in [1.29, 1.82) is 0 Å². The summed E-state index contributed by atoms with van der Waals surface area (Å²) in [6, 6.07) is -0.361. The first-order valence-electron chi connectivity index (χ1n) is 4.42. The van der Waals surface area contributed by atoms with Gasteiger partial charge >= 0.3 is 0 Å². The maximum absolute atomic E-state index is 11.3. The van der Waals surface area contributed by atoms with Gasteiger partial charge in [0.15, 0.2) is 0 Å². The molecule has 1 fully saturated rings. The van der Waals surface area contributed by atoms with E-state index in [0.29, 0.717) is 16.6 Å². The van der Waals surface area contributed by atoms with Gasteiger partial charge in [-0.3, -0.25) is 0 Å². The van der Waals surface area contributed by atoms with Gasteiger partial charge in [-0.2, -0.15) is 0 Å². The highest BCUT2D eigenvalue weighted by Crippen LogP contribution is 2.27. The summed E-state index contributed by atoms with van der Waals surface area (Å²) in [5, 5.41) is 0. The fourth-order valence-electron chi connectivity index (χ4n) is 1.90. The molecule has 0 bridgehead atoms. The molecule has 0 heterocycles. The van der Waals surface area contributed by atoms with Crippen LogP contribution >= 0.6 is 0 Å². The van der Waals surface area contributed by atoms with Gasteiger partial charge in [-0.05, 0) is 12.8 Å². The smallest absolute Gasteiger partial charge is 0.212 e. The summed E-state index contributed by atoms with van der Waals surface area (Å²) in [7, 11) is -7.32.